The molecule has 0 aliphatic carbocycles. The first-order valence-corrected chi connectivity index (χ1v) is 10.7. The van der Waals surface area contributed by atoms with Gasteiger partial charge in [-0.05, 0) is 36.8 Å². The maximum Gasteiger partial charge on any atom is 0.417 e. The standard InChI is InChI=1S/C25H23F3N4O3/c1-15(16-7-5-4-6-8-16)29-20(33)14-35-21-13-19(25(26,27)28)22-23(31-32(2)24(22)30-21)17-9-11-18(34-3)12-10-17/h4-13,15H,14H2,1-3H3,(H,29,33). The zero-order chi connectivity index (χ0) is 25.2. The van der Waals surface area contributed by atoms with Crippen molar-refractivity contribution in [2.45, 2.75) is 19.1 Å². The third-order valence-electron chi connectivity index (χ3n) is 5.47. The number of carbonyl (C=O) groups excluding carboxylic acids is 1. The van der Waals surface area contributed by atoms with Crippen LogP contribution in [0.25, 0.3) is 22.3 Å². The molecule has 1 atom stereocenters. The summed E-state index contributed by atoms with van der Waals surface area (Å²) in [6.07, 6.45) is -4.70. The van der Waals surface area contributed by atoms with Crippen LogP contribution < -0.4 is 14.8 Å². The second-order valence-electron chi connectivity index (χ2n) is 7.89. The summed E-state index contributed by atoms with van der Waals surface area (Å²) in [5.41, 5.74) is 0.534. The van der Waals surface area contributed by atoms with Crippen LogP contribution in [0.1, 0.15) is 24.1 Å². The summed E-state index contributed by atoms with van der Waals surface area (Å²) >= 11 is 0. The largest absolute Gasteiger partial charge is 0.497 e. The summed E-state index contributed by atoms with van der Waals surface area (Å²) in [5.74, 6) is -0.240. The molecule has 10 heteroatoms. The summed E-state index contributed by atoms with van der Waals surface area (Å²) in [6.45, 7) is 1.31. The van der Waals surface area contributed by atoms with Crippen LogP contribution in [0.3, 0.4) is 0 Å². The van der Waals surface area contributed by atoms with Crippen LogP contribution in [0.15, 0.2) is 60.7 Å². The first-order chi connectivity index (χ1) is 16.7. The number of pyridine rings is 1. The van der Waals surface area contributed by atoms with Gasteiger partial charge in [-0.2, -0.15) is 23.3 Å². The van der Waals surface area contributed by atoms with Crippen LogP contribution in [-0.2, 0) is 18.0 Å². The highest BCUT2D eigenvalue weighted by molar-refractivity contribution is 5.94. The number of nitrogens with zero attached hydrogens (tertiary/aromatic N) is 3. The number of aromatic nitrogens is 3. The van der Waals surface area contributed by atoms with Crippen molar-refractivity contribution in [2.24, 2.45) is 7.05 Å². The highest BCUT2D eigenvalue weighted by atomic mass is 19.4. The Labute approximate surface area is 199 Å². The highest BCUT2D eigenvalue weighted by Crippen LogP contribution is 2.40. The third-order valence-corrected chi connectivity index (χ3v) is 5.47. The van der Waals surface area contributed by atoms with E-state index in [-0.39, 0.29) is 28.6 Å². The molecule has 1 amide bonds. The Bertz CT molecular complexity index is 1340. The van der Waals surface area contributed by atoms with Gasteiger partial charge >= 0.3 is 6.18 Å². The van der Waals surface area contributed by atoms with Crippen LogP contribution in [0.2, 0.25) is 0 Å². The smallest absolute Gasteiger partial charge is 0.417 e. The Morgan fingerprint density at radius 3 is 2.43 bits per heavy atom. The summed E-state index contributed by atoms with van der Waals surface area (Å²) in [7, 11) is 3.00. The Hall–Kier alpha value is -4.08. The predicted molar refractivity (Wildman–Crippen MR) is 124 cm³/mol. The minimum Gasteiger partial charge on any atom is -0.497 e. The molecule has 2 aromatic heterocycles. The van der Waals surface area contributed by atoms with E-state index in [1.807, 2.05) is 30.3 Å². The number of nitrogens with one attached hydrogen (secondary N) is 1. The molecule has 0 radical (unpaired) electrons. The number of hydrogen-bond donors (Lipinski definition) is 1. The summed E-state index contributed by atoms with van der Waals surface area (Å²) in [5, 5.41) is 6.88. The maximum atomic E-state index is 14.1. The van der Waals surface area contributed by atoms with Gasteiger partial charge < -0.3 is 14.8 Å². The topological polar surface area (TPSA) is 78.3 Å². The van der Waals surface area contributed by atoms with Crippen molar-refractivity contribution >= 4 is 16.9 Å². The Kier molecular flexibility index (Phi) is 6.63. The average Bonchev–Trinajstić information content (AvgIpc) is 3.18. The SMILES string of the molecule is COc1ccc(-c2nn(C)c3nc(OCC(=O)NC(C)c4ccccc4)cc(C(F)(F)F)c23)cc1. The summed E-state index contributed by atoms with van der Waals surface area (Å²) < 4.78 is 53.9. The van der Waals surface area contributed by atoms with Crippen molar-refractivity contribution in [3.05, 3.63) is 71.8 Å². The van der Waals surface area contributed by atoms with E-state index in [0.717, 1.165) is 11.6 Å². The van der Waals surface area contributed by atoms with Crippen LogP contribution in [-0.4, -0.2) is 34.4 Å². The number of hydrogen-bond acceptors (Lipinski definition) is 5. The molecular formula is C25H23F3N4O3. The molecule has 0 bridgehead atoms. The lowest BCUT2D eigenvalue weighted by Crippen LogP contribution is -2.31. The minimum atomic E-state index is -4.70. The second kappa shape index (κ2) is 9.65. The Morgan fingerprint density at radius 1 is 1.11 bits per heavy atom. The molecule has 0 spiro atoms. The monoisotopic (exact) mass is 484 g/mol. The van der Waals surface area contributed by atoms with Crippen molar-refractivity contribution in [2.75, 3.05) is 13.7 Å². The lowest BCUT2D eigenvalue weighted by atomic mass is 10.0. The van der Waals surface area contributed by atoms with E-state index in [9.17, 15) is 18.0 Å². The van der Waals surface area contributed by atoms with Gasteiger partial charge in [-0.25, -0.2) is 4.68 Å². The van der Waals surface area contributed by atoms with E-state index in [0.29, 0.717) is 11.3 Å². The molecular weight excluding hydrogens is 461 g/mol. The number of halogens is 3. The number of carbonyl (C=O) groups is 1. The molecule has 1 unspecified atom stereocenters. The van der Waals surface area contributed by atoms with E-state index in [4.69, 9.17) is 9.47 Å². The molecule has 0 saturated carbocycles. The quantitative estimate of drug-likeness (QED) is 0.403. The number of fused-ring (bicyclic) bond motifs is 1. The van der Waals surface area contributed by atoms with Crippen LogP contribution in [0.4, 0.5) is 13.2 Å². The number of aryl methyl sites for hydroxylation is 1. The average molecular weight is 484 g/mol. The molecule has 35 heavy (non-hydrogen) atoms. The maximum absolute atomic E-state index is 14.1. The number of benzene rings is 2. The van der Waals surface area contributed by atoms with Crippen molar-refractivity contribution in [1.29, 1.82) is 0 Å². The Balaban J connectivity index is 1.62. The number of methoxy groups -OCH3 is 1. The molecule has 0 fully saturated rings. The lowest BCUT2D eigenvalue weighted by molar-refractivity contribution is -0.136. The summed E-state index contributed by atoms with van der Waals surface area (Å²) in [6, 6.07) is 16.3. The van der Waals surface area contributed by atoms with Gasteiger partial charge in [0.15, 0.2) is 12.3 Å². The van der Waals surface area contributed by atoms with E-state index in [1.54, 1.807) is 31.2 Å². The normalized spacial score (nSPS) is 12.4. The van der Waals surface area contributed by atoms with Crippen molar-refractivity contribution in [3.8, 4) is 22.9 Å². The minimum absolute atomic E-state index is 0.0151. The zero-order valence-corrected chi connectivity index (χ0v) is 19.3. The summed E-state index contributed by atoms with van der Waals surface area (Å²) in [4.78, 5) is 16.6. The van der Waals surface area contributed by atoms with Gasteiger partial charge in [0, 0.05) is 18.7 Å². The lowest BCUT2D eigenvalue weighted by Gasteiger charge is -2.15. The van der Waals surface area contributed by atoms with Crippen LogP contribution >= 0.6 is 0 Å². The molecule has 4 aromatic rings. The molecule has 0 aliphatic heterocycles. The van der Waals surface area contributed by atoms with Crippen molar-refractivity contribution in [1.82, 2.24) is 20.1 Å². The number of rotatable bonds is 7. The van der Waals surface area contributed by atoms with Gasteiger partial charge in [0.1, 0.15) is 11.4 Å². The van der Waals surface area contributed by atoms with Crippen molar-refractivity contribution in [3.63, 3.8) is 0 Å². The molecule has 0 aliphatic rings. The number of amides is 1. The molecule has 2 aromatic carbocycles. The van der Waals surface area contributed by atoms with Gasteiger partial charge in [0.25, 0.3) is 5.91 Å². The third kappa shape index (κ3) is 5.21. The van der Waals surface area contributed by atoms with Crippen molar-refractivity contribution < 1.29 is 27.4 Å². The van der Waals surface area contributed by atoms with E-state index in [2.05, 4.69) is 15.4 Å². The number of ether oxygens (including phenoxy) is 2. The molecule has 7 nitrogen and oxygen atoms in total. The molecule has 2 heterocycles. The van der Waals surface area contributed by atoms with Gasteiger partial charge in [0.05, 0.1) is 24.1 Å². The molecule has 0 saturated heterocycles. The van der Waals surface area contributed by atoms with Gasteiger partial charge in [-0.3, -0.25) is 4.79 Å². The number of alkyl halides is 3. The van der Waals surface area contributed by atoms with Gasteiger partial charge in [-0.1, -0.05) is 30.3 Å². The highest BCUT2D eigenvalue weighted by Gasteiger charge is 2.36. The second-order valence-corrected chi connectivity index (χ2v) is 7.89. The zero-order valence-electron chi connectivity index (χ0n) is 19.3. The van der Waals surface area contributed by atoms with Gasteiger partial charge in [-0.15, -0.1) is 0 Å². The van der Waals surface area contributed by atoms with E-state index in [1.165, 1.54) is 18.8 Å². The predicted octanol–water partition coefficient (Wildman–Crippen LogP) is 4.92. The van der Waals surface area contributed by atoms with Crippen LogP contribution in [0, 0.1) is 0 Å². The fourth-order valence-electron chi connectivity index (χ4n) is 3.72. The fourth-order valence-corrected chi connectivity index (χ4v) is 3.72. The molecule has 4 rings (SSSR count). The van der Waals surface area contributed by atoms with E-state index >= 15 is 0 Å². The first kappa shape index (κ1) is 24.1. The fraction of sp³-hybridized carbons (Fsp3) is 0.240. The van der Waals surface area contributed by atoms with E-state index < -0.39 is 24.3 Å². The molecule has 1 N–H and O–H groups in total. The first-order valence-electron chi connectivity index (χ1n) is 10.7. The molecule has 182 valence electrons. The van der Waals surface area contributed by atoms with Crippen LogP contribution in [0.5, 0.6) is 11.6 Å². The Morgan fingerprint density at radius 2 is 1.80 bits per heavy atom. The van der Waals surface area contributed by atoms with Gasteiger partial charge in [0.2, 0.25) is 5.88 Å².